The Morgan fingerprint density at radius 2 is 1.91 bits per heavy atom. The summed E-state index contributed by atoms with van der Waals surface area (Å²) < 4.78 is 0. The van der Waals surface area contributed by atoms with Gasteiger partial charge in [0.2, 0.25) is 0 Å². The molecule has 0 aliphatic heterocycles. The van der Waals surface area contributed by atoms with E-state index < -0.39 is 6.10 Å². The van der Waals surface area contributed by atoms with Crippen molar-refractivity contribution in [3.8, 4) is 0 Å². The first-order chi connectivity index (χ1) is 10.9. The summed E-state index contributed by atoms with van der Waals surface area (Å²) in [6, 6.07) is 9.49. The first-order valence-electron chi connectivity index (χ1n) is 7.72. The zero-order valence-corrected chi connectivity index (χ0v) is 14.6. The van der Waals surface area contributed by atoms with Crippen molar-refractivity contribution >= 4 is 23.1 Å². The van der Waals surface area contributed by atoms with Crippen molar-refractivity contribution < 1.29 is 9.90 Å². The number of rotatable bonds is 5. The summed E-state index contributed by atoms with van der Waals surface area (Å²) in [6.07, 6.45) is -0.0414. The Hall–Kier alpha value is -1.85. The van der Waals surface area contributed by atoms with Crippen molar-refractivity contribution in [2.75, 3.05) is 11.9 Å². The smallest absolute Gasteiger partial charge is 0.319 e. The number of carbonyl (C=O) groups excluding carboxylic acids is 1. The van der Waals surface area contributed by atoms with E-state index in [0.29, 0.717) is 13.0 Å². The van der Waals surface area contributed by atoms with E-state index in [-0.39, 0.29) is 11.4 Å². The molecule has 0 saturated heterocycles. The summed E-state index contributed by atoms with van der Waals surface area (Å²) in [5, 5.41) is 19.4. The lowest BCUT2D eigenvalue weighted by atomic mass is 9.87. The van der Waals surface area contributed by atoms with Crippen LogP contribution in [0.25, 0.3) is 0 Å². The summed E-state index contributed by atoms with van der Waals surface area (Å²) in [4.78, 5) is 11.9. The van der Waals surface area contributed by atoms with Gasteiger partial charge >= 0.3 is 6.03 Å². The maximum Gasteiger partial charge on any atom is 0.319 e. The minimum absolute atomic E-state index is 0.0958. The number of anilines is 1. The highest BCUT2D eigenvalue weighted by Gasteiger charge is 2.13. The second-order valence-corrected chi connectivity index (χ2v) is 7.35. The van der Waals surface area contributed by atoms with E-state index in [0.717, 1.165) is 11.3 Å². The zero-order valence-electron chi connectivity index (χ0n) is 13.8. The van der Waals surface area contributed by atoms with Crippen molar-refractivity contribution in [3.63, 3.8) is 0 Å². The number of hydrogen-bond acceptors (Lipinski definition) is 3. The molecule has 1 heterocycles. The largest absolute Gasteiger partial charge is 0.388 e. The minimum Gasteiger partial charge on any atom is -0.388 e. The zero-order chi connectivity index (χ0) is 16.9. The molecule has 3 N–H and O–H groups in total. The molecule has 0 aliphatic carbocycles. The highest BCUT2D eigenvalue weighted by molar-refractivity contribution is 7.07. The van der Waals surface area contributed by atoms with E-state index in [2.05, 4.69) is 31.4 Å². The summed E-state index contributed by atoms with van der Waals surface area (Å²) >= 11 is 1.55. The first-order valence-corrected chi connectivity index (χ1v) is 8.66. The molecule has 0 radical (unpaired) electrons. The van der Waals surface area contributed by atoms with E-state index in [1.807, 2.05) is 41.1 Å². The normalized spacial score (nSPS) is 12.7. The molecule has 4 nitrogen and oxygen atoms in total. The number of urea groups is 1. The predicted molar refractivity (Wildman–Crippen MR) is 96.1 cm³/mol. The summed E-state index contributed by atoms with van der Waals surface area (Å²) in [5.74, 6) is 0. The van der Waals surface area contributed by atoms with Crippen LogP contribution in [0.5, 0.6) is 0 Å². The van der Waals surface area contributed by atoms with E-state index >= 15 is 0 Å². The van der Waals surface area contributed by atoms with Crippen LogP contribution < -0.4 is 10.6 Å². The van der Waals surface area contributed by atoms with Crippen LogP contribution in [0.4, 0.5) is 10.5 Å². The Morgan fingerprint density at radius 3 is 2.48 bits per heavy atom. The van der Waals surface area contributed by atoms with Gasteiger partial charge in [0.25, 0.3) is 0 Å². The molecule has 1 aromatic carbocycles. The van der Waals surface area contributed by atoms with E-state index in [1.165, 1.54) is 5.56 Å². The maximum atomic E-state index is 11.9. The number of nitrogens with one attached hydrogen (secondary N) is 2. The lowest BCUT2D eigenvalue weighted by Gasteiger charge is -2.19. The van der Waals surface area contributed by atoms with Crippen LogP contribution in [-0.2, 0) is 5.41 Å². The average Bonchev–Trinajstić information content (AvgIpc) is 3.01. The van der Waals surface area contributed by atoms with Gasteiger partial charge in [-0.2, -0.15) is 11.3 Å². The number of aliphatic hydroxyl groups excluding tert-OH is 1. The summed E-state index contributed by atoms with van der Waals surface area (Å²) in [6.45, 7) is 6.88. The van der Waals surface area contributed by atoms with Crippen molar-refractivity contribution in [1.29, 1.82) is 0 Å². The van der Waals surface area contributed by atoms with Crippen molar-refractivity contribution in [2.45, 2.75) is 38.7 Å². The molecular weight excluding hydrogens is 308 g/mol. The molecule has 0 saturated carbocycles. The highest BCUT2D eigenvalue weighted by atomic mass is 32.1. The lowest BCUT2D eigenvalue weighted by Crippen LogP contribution is -2.30. The molecule has 1 aromatic heterocycles. The van der Waals surface area contributed by atoms with Gasteiger partial charge in [0.15, 0.2) is 0 Å². The van der Waals surface area contributed by atoms with Gasteiger partial charge in [-0.25, -0.2) is 4.79 Å². The second kappa shape index (κ2) is 7.62. The number of aliphatic hydroxyl groups is 1. The fourth-order valence-electron chi connectivity index (χ4n) is 2.18. The number of benzene rings is 1. The second-order valence-electron chi connectivity index (χ2n) is 6.57. The van der Waals surface area contributed by atoms with Crippen molar-refractivity contribution in [3.05, 3.63) is 52.2 Å². The van der Waals surface area contributed by atoms with Crippen LogP contribution in [0.2, 0.25) is 0 Å². The Morgan fingerprint density at radius 1 is 1.22 bits per heavy atom. The van der Waals surface area contributed by atoms with Gasteiger partial charge in [0.1, 0.15) is 0 Å². The fourth-order valence-corrected chi connectivity index (χ4v) is 2.89. The molecular formula is C18H24N2O2S. The quantitative estimate of drug-likeness (QED) is 0.765. The van der Waals surface area contributed by atoms with Gasteiger partial charge in [-0.15, -0.1) is 0 Å². The topological polar surface area (TPSA) is 61.4 Å². The van der Waals surface area contributed by atoms with Gasteiger partial charge in [0, 0.05) is 12.2 Å². The van der Waals surface area contributed by atoms with Crippen molar-refractivity contribution in [2.24, 2.45) is 0 Å². The molecule has 23 heavy (non-hydrogen) atoms. The lowest BCUT2D eigenvalue weighted by molar-refractivity contribution is 0.168. The summed E-state index contributed by atoms with van der Waals surface area (Å²) in [5.41, 5.74) is 2.98. The van der Waals surface area contributed by atoms with Crippen LogP contribution in [0.3, 0.4) is 0 Å². The Labute approximate surface area is 141 Å². The fraction of sp³-hybridized carbons (Fsp3) is 0.389. The number of carbonyl (C=O) groups is 1. The third-order valence-electron chi connectivity index (χ3n) is 3.64. The Kier molecular flexibility index (Phi) is 5.80. The molecule has 0 aliphatic rings. The first kappa shape index (κ1) is 17.5. The molecule has 2 aromatic rings. The predicted octanol–water partition coefficient (Wildman–Crippen LogP) is 4.29. The molecule has 2 rings (SSSR count). The van der Waals surface area contributed by atoms with Crippen LogP contribution in [-0.4, -0.2) is 17.7 Å². The molecule has 124 valence electrons. The molecule has 0 bridgehead atoms. The molecule has 1 atom stereocenters. The summed E-state index contributed by atoms with van der Waals surface area (Å²) in [7, 11) is 0. The van der Waals surface area contributed by atoms with E-state index in [4.69, 9.17) is 0 Å². The number of thiophene rings is 1. The van der Waals surface area contributed by atoms with Crippen LogP contribution in [0.1, 0.15) is 44.4 Å². The standard InChI is InChI=1S/C18H24N2O2S/c1-18(2,3)14-4-6-15(7-5-14)20-17(22)19-10-8-16(21)13-9-11-23-12-13/h4-7,9,11-12,16,21H,8,10H2,1-3H3,(H2,19,20,22). The highest BCUT2D eigenvalue weighted by Crippen LogP contribution is 2.23. The minimum atomic E-state index is -0.535. The van der Waals surface area contributed by atoms with Crippen LogP contribution in [0.15, 0.2) is 41.1 Å². The van der Waals surface area contributed by atoms with E-state index in [1.54, 1.807) is 11.3 Å². The maximum absolute atomic E-state index is 11.9. The van der Waals surface area contributed by atoms with Gasteiger partial charge in [0.05, 0.1) is 6.10 Å². The van der Waals surface area contributed by atoms with Gasteiger partial charge < -0.3 is 15.7 Å². The molecule has 0 spiro atoms. The van der Waals surface area contributed by atoms with Crippen LogP contribution >= 0.6 is 11.3 Å². The average molecular weight is 332 g/mol. The molecule has 1 unspecified atom stereocenters. The van der Waals surface area contributed by atoms with Gasteiger partial charge in [-0.05, 0) is 51.9 Å². The number of amides is 2. The van der Waals surface area contributed by atoms with Gasteiger partial charge in [-0.3, -0.25) is 0 Å². The SMILES string of the molecule is CC(C)(C)c1ccc(NC(=O)NCCC(O)c2ccsc2)cc1. The van der Waals surface area contributed by atoms with Crippen LogP contribution in [0, 0.1) is 0 Å². The Bertz CT molecular complexity index is 615. The monoisotopic (exact) mass is 332 g/mol. The third kappa shape index (κ3) is 5.37. The molecule has 2 amide bonds. The van der Waals surface area contributed by atoms with E-state index in [9.17, 15) is 9.90 Å². The molecule has 0 fully saturated rings. The Balaban J connectivity index is 1.76. The molecule has 5 heteroatoms. The van der Waals surface area contributed by atoms with Gasteiger partial charge in [-0.1, -0.05) is 32.9 Å². The number of hydrogen-bond donors (Lipinski definition) is 3. The van der Waals surface area contributed by atoms with Crippen molar-refractivity contribution in [1.82, 2.24) is 5.32 Å². The third-order valence-corrected chi connectivity index (χ3v) is 4.34.